The third kappa shape index (κ3) is 1.93. The molecule has 0 aliphatic carbocycles. The van der Waals surface area contributed by atoms with Crippen molar-refractivity contribution in [1.82, 2.24) is 9.97 Å². The highest BCUT2D eigenvalue weighted by atomic mass is 32.1. The molecule has 2 saturated heterocycles. The number of nitrogen functional groups attached to an aromatic ring is 1. The van der Waals surface area contributed by atoms with Crippen LogP contribution < -0.4 is 16.2 Å². The van der Waals surface area contributed by atoms with Gasteiger partial charge in [0, 0.05) is 18.0 Å². The standard InChI is InChI=1S/C13H17N5OS/c1-7-4-10-11(15-13(17-14)16-12(10)20-7)18-5-8-2-3-9(6-18)19-8/h4,8-9H,2-3,5-6,14H2,1H3,(H,15,16,17). The number of aromatic nitrogens is 2. The van der Waals surface area contributed by atoms with Crippen LogP contribution in [0.2, 0.25) is 0 Å². The first-order valence-electron chi connectivity index (χ1n) is 6.88. The smallest absolute Gasteiger partial charge is 0.240 e. The molecule has 2 aromatic rings. The summed E-state index contributed by atoms with van der Waals surface area (Å²) in [4.78, 5) is 13.6. The molecule has 0 amide bonds. The highest BCUT2D eigenvalue weighted by molar-refractivity contribution is 7.18. The van der Waals surface area contributed by atoms with E-state index in [0.717, 1.165) is 42.0 Å². The fourth-order valence-electron chi connectivity index (χ4n) is 3.12. The maximum atomic E-state index is 5.90. The quantitative estimate of drug-likeness (QED) is 0.647. The number of thiophene rings is 1. The molecule has 106 valence electrons. The number of ether oxygens (including phenoxy) is 1. The fraction of sp³-hybridized carbons (Fsp3) is 0.538. The van der Waals surface area contributed by atoms with E-state index < -0.39 is 0 Å². The first-order valence-corrected chi connectivity index (χ1v) is 7.70. The molecule has 2 atom stereocenters. The van der Waals surface area contributed by atoms with Crippen LogP contribution in [0, 0.1) is 6.92 Å². The molecule has 0 spiro atoms. The number of anilines is 2. The van der Waals surface area contributed by atoms with Gasteiger partial charge in [0.1, 0.15) is 10.6 Å². The second-order valence-electron chi connectivity index (χ2n) is 5.45. The zero-order valence-electron chi connectivity index (χ0n) is 11.3. The largest absolute Gasteiger partial charge is 0.371 e. The third-order valence-corrected chi connectivity index (χ3v) is 4.91. The Bertz CT molecular complexity index is 645. The van der Waals surface area contributed by atoms with Gasteiger partial charge in [0.05, 0.1) is 17.6 Å². The first-order chi connectivity index (χ1) is 9.72. The zero-order valence-corrected chi connectivity index (χ0v) is 12.1. The van der Waals surface area contributed by atoms with Gasteiger partial charge in [0.25, 0.3) is 0 Å². The van der Waals surface area contributed by atoms with Crippen LogP contribution in [0.3, 0.4) is 0 Å². The van der Waals surface area contributed by atoms with Gasteiger partial charge in [0.2, 0.25) is 5.95 Å². The molecule has 6 nitrogen and oxygen atoms in total. The Hall–Kier alpha value is -1.44. The Kier molecular flexibility index (Phi) is 2.80. The summed E-state index contributed by atoms with van der Waals surface area (Å²) >= 11 is 1.67. The molecule has 3 N–H and O–H groups in total. The summed E-state index contributed by atoms with van der Waals surface area (Å²) in [5.74, 6) is 6.96. The van der Waals surface area contributed by atoms with E-state index in [1.807, 2.05) is 0 Å². The number of aryl methyl sites for hydroxylation is 1. The Morgan fingerprint density at radius 3 is 2.80 bits per heavy atom. The van der Waals surface area contributed by atoms with Gasteiger partial charge in [-0.2, -0.15) is 4.98 Å². The van der Waals surface area contributed by atoms with E-state index in [0.29, 0.717) is 18.2 Å². The van der Waals surface area contributed by atoms with Gasteiger partial charge >= 0.3 is 0 Å². The van der Waals surface area contributed by atoms with Crippen molar-refractivity contribution in [2.45, 2.75) is 32.0 Å². The molecular formula is C13H17N5OS. The number of hydrogen-bond acceptors (Lipinski definition) is 7. The summed E-state index contributed by atoms with van der Waals surface area (Å²) in [5.41, 5.74) is 2.57. The van der Waals surface area contributed by atoms with Crippen molar-refractivity contribution in [3.63, 3.8) is 0 Å². The summed E-state index contributed by atoms with van der Waals surface area (Å²) in [5, 5.41) is 1.12. The second kappa shape index (κ2) is 4.54. The number of hydrazine groups is 1. The second-order valence-corrected chi connectivity index (χ2v) is 6.69. The Labute approximate surface area is 120 Å². The minimum Gasteiger partial charge on any atom is -0.371 e. The number of nitrogens with one attached hydrogen (secondary N) is 1. The van der Waals surface area contributed by atoms with Crippen LogP contribution in [0.25, 0.3) is 10.2 Å². The molecule has 0 radical (unpaired) electrons. The van der Waals surface area contributed by atoms with E-state index in [4.69, 9.17) is 10.6 Å². The normalized spacial score (nSPS) is 25.4. The van der Waals surface area contributed by atoms with Gasteiger partial charge < -0.3 is 9.64 Å². The molecule has 20 heavy (non-hydrogen) atoms. The number of nitrogens with zero attached hydrogens (tertiary/aromatic N) is 3. The highest BCUT2D eigenvalue weighted by Gasteiger charge is 2.35. The van der Waals surface area contributed by atoms with Crippen molar-refractivity contribution in [3.05, 3.63) is 10.9 Å². The van der Waals surface area contributed by atoms with Crippen molar-refractivity contribution < 1.29 is 4.74 Å². The Morgan fingerprint density at radius 2 is 2.10 bits per heavy atom. The number of morpholine rings is 1. The minimum atomic E-state index is 0.341. The lowest BCUT2D eigenvalue weighted by atomic mass is 10.2. The van der Waals surface area contributed by atoms with Gasteiger partial charge in [-0.3, -0.25) is 5.43 Å². The number of rotatable bonds is 2. The Balaban J connectivity index is 1.81. The van der Waals surface area contributed by atoms with E-state index in [-0.39, 0.29) is 0 Å². The molecule has 4 heterocycles. The lowest BCUT2D eigenvalue weighted by Gasteiger charge is -2.33. The van der Waals surface area contributed by atoms with Crippen LogP contribution in [0.15, 0.2) is 6.07 Å². The predicted molar refractivity (Wildman–Crippen MR) is 80.1 cm³/mol. The van der Waals surface area contributed by atoms with E-state index in [2.05, 4.69) is 33.3 Å². The van der Waals surface area contributed by atoms with E-state index >= 15 is 0 Å². The van der Waals surface area contributed by atoms with Crippen molar-refractivity contribution in [3.8, 4) is 0 Å². The van der Waals surface area contributed by atoms with Crippen LogP contribution in [0.1, 0.15) is 17.7 Å². The van der Waals surface area contributed by atoms with Gasteiger partial charge in [-0.15, -0.1) is 11.3 Å². The molecule has 0 aromatic carbocycles. The average molecular weight is 291 g/mol. The van der Waals surface area contributed by atoms with Crippen molar-refractivity contribution in [2.75, 3.05) is 23.4 Å². The highest BCUT2D eigenvalue weighted by Crippen LogP contribution is 2.35. The molecule has 2 aliphatic rings. The van der Waals surface area contributed by atoms with Crippen LogP contribution in [-0.2, 0) is 4.74 Å². The van der Waals surface area contributed by atoms with Gasteiger partial charge in [-0.25, -0.2) is 10.8 Å². The molecule has 0 saturated carbocycles. The molecule has 4 rings (SSSR count). The van der Waals surface area contributed by atoms with Gasteiger partial charge in [-0.1, -0.05) is 0 Å². The molecule has 2 fully saturated rings. The summed E-state index contributed by atoms with van der Waals surface area (Å²) in [6.45, 7) is 3.90. The molecule has 2 bridgehead atoms. The maximum absolute atomic E-state index is 5.90. The van der Waals surface area contributed by atoms with Crippen molar-refractivity contribution in [1.29, 1.82) is 0 Å². The minimum absolute atomic E-state index is 0.341. The lowest BCUT2D eigenvalue weighted by molar-refractivity contribution is 0.0303. The monoisotopic (exact) mass is 291 g/mol. The van der Waals surface area contributed by atoms with Gasteiger partial charge in [-0.05, 0) is 25.8 Å². The molecule has 2 unspecified atom stereocenters. The Morgan fingerprint density at radius 1 is 1.35 bits per heavy atom. The van der Waals surface area contributed by atoms with E-state index in [1.54, 1.807) is 11.3 Å². The first kappa shape index (κ1) is 12.3. The predicted octanol–water partition coefficient (Wildman–Crippen LogP) is 1.65. The molecule has 7 heteroatoms. The topological polar surface area (TPSA) is 76.3 Å². The average Bonchev–Trinajstić information content (AvgIpc) is 2.98. The SMILES string of the molecule is Cc1cc2c(N3CC4CCC(C3)O4)nc(NN)nc2s1. The third-order valence-electron chi connectivity index (χ3n) is 3.97. The number of nitrogens with two attached hydrogens (primary N) is 1. The van der Waals surface area contributed by atoms with Crippen molar-refractivity contribution in [2.24, 2.45) is 5.84 Å². The summed E-state index contributed by atoms with van der Waals surface area (Å²) in [7, 11) is 0. The summed E-state index contributed by atoms with van der Waals surface area (Å²) in [6, 6.07) is 2.16. The van der Waals surface area contributed by atoms with Crippen LogP contribution in [-0.4, -0.2) is 35.3 Å². The summed E-state index contributed by atoms with van der Waals surface area (Å²) < 4.78 is 5.90. The zero-order chi connectivity index (χ0) is 13.7. The fourth-order valence-corrected chi connectivity index (χ4v) is 3.99. The molecular weight excluding hydrogens is 274 g/mol. The maximum Gasteiger partial charge on any atom is 0.240 e. The van der Waals surface area contributed by atoms with Crippen LogP contribution in [0.5, 0.6) is 0 Å². The number of fused-ring (bicyclic) bond motifs is 3. The summed E-state index contributed by atoms with van der Waals surface area (Å²) in [6.07, 6.45) is 2.99. The van der Waals surface area contributed by atoms with Crippen molar-refractivity contribution >= 4 is 33.3 Å². The van der Waals surface area contributed by atoms with Crippen LogP contribution >= 0.6 is 11.3 Å². The van der Waals surface area contributed by atoms with Gasteiger partial charge in [0.15, 0.2) is 0 Å². The molecule has 2 aromatic heterocycles. The number of hydrogen-bond donors (Lipinski definition) is 2. The lowest BCUT2D eigenvalue weighted by Crippen LogP contribution is -2.43. The van der Waals surface area contributed by atoms with E-state index in [9.17, 15) is 0 Å². The van der Waals surface area contributed by atoms with Crippen LogP contribution in [0.4, 0.5) is 11.8 Å². The van der Waals surface area contributed by atoms with E-state index in [1.165, 1.54) is 4.88 Å². The molecule has 2 aliphatic heterocycles.